The molecule has 0 unspecified atom stereocenters. The first kappa shape index (κ1) is 13.5. The fourth-order valence-electron chi connectivity index (χ4n) is 2.09. The maximum atomic E-state index is 8.73. The van der Waals surface area contributed by atoms with E-state index in [-0.39, 0.29) is 5.57 Å². The van der Waals surface area contributed by atoms with Crippen molar-refractivity contribution in [3.05, 3.63) is 34.4 Å². The van der Waals surface area contributed by atoms with Crippen molar-refractivity contribution in [1.29, 1.82) is 10.5 Å². The summed E-state index contributed by atoms with van der Waals surface area (Å²) >= 11 is 3.48. The van der Waals surface area contributed by atoms with Crippen LogP contribution in [0.15, 0.2) is 34.4 Å². The van der Waals surface area contributed by atoms with E-state index in [1.165, 1.54) is 19.0 Å². The average molecular weight is 317 g/mol. The number of hydrogen-bond donors (Lipinski definition) is 1. The van der Waals surface area contributed by atoms with Crippen LogP contribution in [0.2, 0.25) is 0 Å². The van der Waals surface area contributed by atoms with E-state index >= 15 is 0 Å². The van der Waals surface area contributed by atoms with Gasteiger partial charge in [-0.2, -0.15) is 10.5 Å². The molecule has 1 aromatic rings. The Morgan fingerprint density at radius 1 is 1.26 bits per heavy atom. The Kier molecular flexibility index (Phi) is 4.43. The van der Waals surface area contributed by atoms with Crippen LogP contribution in [-0.2, 0) is 0 Å². The molecule has 0 atom stereocenters. The van der Waals surface area contributed by atoms with Gasteiger partial charge in [0.05, 0.1) is 11.4 Å². The van der Waals surface area contributed by atoms with Gasteiger partial charge in [0.1, 0.15) is 17.7 Å². The van der Waals surface area contributed by atoms with E-state index in [2.05, 4.69) is 32.2 Å². The van der Waals surface area contributed by atoms with Crippen LogP contribution >= 0.6 is 15.9 Å². The summed E-state index contributed by atoms with van der Waals surface area (Å²) in [6.45, 7) is 2.08. The third-order valence-corrected chi connectivity index (χ3v) is 3.51. The van der Waals surface area contributed by atoms with Crippen molar-refractivity contribution in [2.24, 2.45) is 0 Å². The molecular weight excluding hydrogens is 304 g/mol. The lowest BCUT2D eigenvalue weighted by Crippen LogP contribution is -2.18. The number of allylic oxidation sites excluding steroid dienone is 1. The van der Waals surface area contributed by atoms with Crippen LogP contribution in [0.5, 0.6) is 0 Å². The van der Waals surface area contributed by atoms with E-state index in [1.54, 1.807) is 0 Å². The summed E-state index contributed by atoms with van der Waals surface area (Å²) in [4.78, 5) is 2.30. The van der Waals surface area contributed by atoms with Gasteiger partial charge < -0.3 is 10.2 Å². The average Bonchev–Trinajstić information content (AvgIpc) is 2.95. The van der Waals surface area contributed by atoms with Gasteiger partial charge in [-0.05, 0) is 31.0 Å². The highest BCUT2D eigenvalue weighted by Gasteiger charge is 2.15. The molecule has 1 fully saturated rings. The number of halogens is 1. The van der Waals surface area contributed by atoms with Crippen molar-refractivity contribution in [1.82, 2.24) is 0 Å². The first-order chi connectivity index (χ1) is 9.24. The lowest BCUT2D eigenvalue weighted by molar-refractivity contribution is 0.949. The quantitative estimate of drug-likeness (QED) is 0.868. The zero-order chi connectivity index (χ0) is 13.7. The topological polar surface area (TPSA) is 62.9 Å². The van der Waals surface area contributed by atoms with Gasteiger partial charge in [0.25, 0.3) is 0 Å². The zero-order valence-electron chi connectivity index (χ0n) is 10.4. The van der Waals surface area contributed by atoms with Crippen LogP contribution in [0, 0.1) is 22.7 Å². The summed E-state index contributed by atoms with van der Waals surface area (Å²) in [5.74, 6) is 0. The Morgan fingerprint density at radius 3 is 2.58 bits per heavy atom. The second-order valence-electron chi connectivity index (χ2n) is 4.28. The van der Waals surface area contributed by atoms with Crippen molar-refractivity contribution >= 4 is 27.3 Å². The minimum atomic E-state index is 0.0651. The molecule has 0 aliphatic carbocycles. The summed E-state index contributed by atoms with van der Waals surface area (Å²) in [6, 6.07) is 9.61. The molecular formula is C14H13BrN4. The molecule has 1 aliphatic heterocycles. The molecule has 0 radical (unpaired) electrons. The van der Waals surface area contributed by atoms with Gasteiger partial charge in [0, 0.05) is 23.8 Å². The standard InChI is InChI=1S/C14H13BrN4/c15-12-3-4-13(18-10-11(8-16)9-17)14(7-12)19-5-1-2-6-19/h3-4,7,10,18H,1-2,5-6H2. The molecule has 1 aromatic carbocycles. The van der Waals surface area contributed by atoms with Gasteiger partial charge >= 0.3 is 0 Å². The maximum absolute atomic E-state index is 8.73. The van der Waals surface area contributed by atoms with Gasteiger partial charge in [-0.15, -0.1) is 0 Å². The van der Waals surface area contributed by atoms with Crippen molar-refractivity contribution < 1.29 is 0 Å². The highest BCUT2D eigenvalue weighted by molar-refractivity contribution is 9.10. The molecule has 1 saturated heterocycles. The fourth-order valence-corrected chi connectivity index (χ4v) is 2.43. The first-order valence-electron chi connectivity index (χ1n) is 6.06. The molecule has 0 saturated carbocycles. The Morgan fingerprint density at radius 2 is 1.95 bits per heavy atom. The number of nitriles is 2. The summed E-state index contributed by atoms with van der Waals surface area (Å²) in [5.41, 5.74) is 2.07. The van der Waals surface area contributed by atoms with Gasteiger partial charge in [-0.25, -0.2) is 0 Å². The molecule has 19 heavy (non-hydrogen) atoms. The van der Waals surface area contributed by atoms with Gasteiger partial charge in [0.2, 0.25) is 0 Å². The van der Waals surface area contributed by atoms with Gasteiger partial charge in [0.15, 0.2) is 0 Å². The third-order valence-electron chi connectivity index (χ3n) is 3.02. The first-order valence-corrected chi connectivity index (χ1v) is 6.85. The Hall–Kier alpha value is -1.98. The van der Waals surface area contributed by atoms with E-state index in [4.69, 9.17) is 10.5 Å². The van der Waals surface area contributed by atoms with Crippen molar-refractivity contribution in [3.63, 3.8) is 0 Å². The number of rotatable bonds is 3. The molecule has 0 amide bonds. The molecule has 1 heterocycles. The van der Waals surface area contributed by atoms with Crippen LogP contribution in [0.1, 0.15) is 12.8 Å². The third kappa shape index (κ3) is 3.27. The van der Waals surface area contributed by atoms with Crippen LogP contribution in [0.25, 0.3) is 0 Å². The smallest absolute Gasteiger partial charge is 0.145 e. The van der Waals surface area contributed by atoms with Gasteiger partial charge in [-0.3, -0.25) is 0 Å². The molecule has 1 N–H and O–H groups in total. The van der Waals surface area contributed by atoms with E-state index < -0.39 is 0 Å². The van der Waals surface area contributed by atoms with Crippen molar-refractivity contribution in [3.8, 4) is 12.1 Å². The normalized spacial score (nSPS) is 13.5. The Labute approximate surface area is 121 Å². The minimum Gasteiger partial charge on any atom is -0.370 e. The minimum absolute atomic E-state index is 0.0651. The lowest BCUT2D eigenvalue weighted by atomic mass is 10.2. The molecule has 4 nitrogen and oxygen atoms in total. The summed E-state index contributed by atoms with van der Waals surface area (Å²) < 4.78 is 1.02. The number of hydrogen-bond acceptors (Lipinski definition) is 4. The Balaban J connectivity index is 2.27. The van der Waals surface area contributed by atoms with Crippen LogP contribution in [0.3, 0.4) is 0 Å². The monoisotopic (exact) mass is 316 g/mol. The number of benzene rings is 1. The second kappa shape index (κ2) is 6.26. The van der Waals surface area contributed by atoms with E-state index in [9.17, 15) is 0 Å². The maximum Gasteiger partial charge on any atom is 0.145 e. The zero-order valence-corrected chi connectivity index (χ0v) is 11.9. The Bertz CT molecular complexity index is 558. The molecule has 1 aliphatic rings. The van der Waals surface area contributed by atoms with E-state index in [1.807, 2.05) is 24.3 Å². The lowest BCUT2D eigenvalue weighted by Gasteiger charge is -2.21. The molecule has 96 valence electrons. The second-order valence-corrected chi connectivity index (χ2v) is 5.20. The largest absolute Gasteiger partial charge is 0.370 e. The summed E-state index contributed by atoms with van der Waals surface area (Å²) in [6.07, 6.45) is 3.84. The number of anilines is 2. The van der Waals surface area contributed by atoms with Crippen LogP contribution in [0.4, 0.5) is 11.4 Å². The van der Waals surface area contributed by atoms with E-state index in [0.717, 1.165) is 28.9 Å². The van der Waals surface area contributed by atoms with E-state index in [0.29, 0.717) is 0 Å². The number of nitrogens with zero attached hydrogens (tertiary/aromatic N) is 3. The van der Waals surface area contributed by atoms with Crippen molar-refractivity contribution in [2.45, 2.75) is 12.8 Å². The molecule has 0 spiro atoms. The molecule has 0 aromatic heterocycles. The SMILES string of the molecule is N#CC(C#N)=CNc1ccc(Br)cc1N1CCCC1. The fraction of sp³-hybridized carbons (Fsp3) is 0.286. The highest BCUT2D eigenvalue weighted by Crippen LogP contribution is 2.32. The summed E-state index contributed by atoms with van der Waals surface area (Å²) in [7, 11) is 0. The van der Waals surface area contributed by atoms with Crippen LogP contribution in [-0.4, -0.2) is 13.1 Å². The van der Waals surface area contributed by atoms with Crippen molar-refractivity contribution in [2.75, 3.05) is 23.3 Å². The predicted octanol–water partition coefficient (Wildman–Crippen LogP) is 3.39. The molecule has 0 bridgehead atoms. The highest BCUT2D eigenvalue weighted by atomic mass is 79.9. The van der Waals surface area contributed by atoms with Gasteiger partial charge in [-0.1, -0.05) is 15.9 Å². The summed E-state index contributed by atoms with van der Waals surface area (Å²) in [5, 5.41) is 20.5. The molecule has 2 rings (SSSR count). The number of nitrogens with one attached hydrogen (secondary N) is 1. The van der Waals surface area contributed by atoms with Crippen LogP contribution < -0.4 is 10.2 Å². The predicted molar refractivity (Wildman–Crippen MR) is 78.5 cm³/mol. The molecule has 5 heteroatoms.